The number of anilines is 2. The van der Waals surface area contributed by atoms with Crippen LogP contribution in [0.5, 0.6) is 0 Å². The molecule has 1 saturated heterocycles. The monoisotopic (exact) mass is 554 g/mol. The van der Waals surface area contributed by atoms with E-state index in [2.05, 4.69) is 55.5 Å². The number of hydrogen-bond donors (Lipinski definition) is 2. The number of hydrogen-bond acceptors (Lipinski definition) is 6. The van der Waals surface area contributed by atoms with Crippen molar-refractivity contribution in [3.05, 3.63) is 124 Å². The van der Waals surface area contributed by atoms with E-state index in [1.807, 2.05) is 55.5 Å². The van der Waals surface area contributed by atoms with E-state index in [0.717, 1.165) is 41.0 Å². The Kier molecular flexibility index (Phi) is 6.51. The first-order valence-electron chi connectivity index (χ1n) is 14.3. The summed E-state index contributed by atoms with van der Waals surface area (Å²) in [4.78, 5) is 41.2. The van der Waals surface area contributed by atoms with Crippen molar-refractivity contribution in [2.45, 2.75) is 25.8 Å². The summed E-state index contributed by atoms with van der Waals surface area (Å²) in [6.07, 6.45) is 5.44. The van der Waals surface area contributed by atoms with Crippen LogP contribution in [0.4, 0.5) is 11.5 Å². The molecule has 8 nitrogen and oxygen atoms in total. The molecule has 208 valence electrons. The summed E-state index contributed by atoms with van der Waals surface area (Å²) < 4.78 is 1.76. The molecule has 7 rings (SSSR count). The first kappa shape index (κ1) is 25.7. The fourth-order valence-electron chi connectivity index (χ4n) is 6.01. The van der Waals surface area contributed by atoms with Gasteiger partial charge in [0.15, 0.2) is 5.43 Å². The minimum Gasteiger partial charge on any atom is -0.372 e. The Morgan fingerprint density at radius 2 is 1.62 bits per heavy atom. The van der Waals surface area contributed by atoms with E-state index in [0.29, 0.717) is 22.2 Å². The third-order valence-electron chi connectivity index (χ3n) is 8.08. The predicted molar refractivity (Wildman–Crippen MR) is 169 cm³/mol. The van der Waals surface area contributed by atoms with Crippen molar-refractivity contribution in [1.82, 2.24) is 19.5 Å². The second-order valence-electron chi connectivity index (χ2n) is 10.7. The molecule has 2 N–H and O–H groups in total. The molecule has 1 aliphatic heterocycles. The van der Waals surface area contributed by atoms with Gasteiger partial charge in [-0.05, 0) is 66.6 Å². The first-order valence-corrected chi connectivity index (χ1v) is 14.3. The molecule has 0 bridgehead atoms. The second-order valence-corrected chi connectivity index (χ2v) is 10.7. The Morgan fingerprint density at radius 1 is 0.833 bits per heavy atom. The first-order chi connectivity index (χ1) is 20.6. The maximum Gasteiger partial charge on any atom is 0.263 e. The molecule has 0 saturated carbocycles. The van der Waals surface area contributed by atoms with Crippen molar-refractivity contribution in [2.75, 3.05) is 23.3 Å². The van der Waals surface area contributed by atoms with Gasteiger partial charge in [-0.15, -0.1) is 0 Å². The fraction of sp³-hybridized carbons (Fsp3) is 0.176. The van der Waals surface area contributed by atoms with Crippen LogP contribution in [0.3, 0.4) is 0 Å². The van der Waals surface area contributed by atoms with Crippen LogP contribution in [-0.4, -0.2) is 32.6 Å². The van der Waals surface area contributed by atoms with Gasteiger partial charge in [0.05, 0.1) is 11.4 Å². The van der Waals surface area contributed by atoms with Crippen molar-refractivity contribution < 1.29 is 0 Å². The minimum atomic E-state index is -0.372. The molecule has 0 unspecified atom stereocenters. The molecule has 4 heterocycles. The van der Waals surface area contributed by atoms with Crippen molar-refractivity contribution in [2.24, 2.45) is 0 Å². The zero-order valence-corrected chi connectivity index (χ0v) is 23.2. The number of aromatic amines is 1. The van der Waals surface area contributed by atoms with Gasteiger partial charge in [0.2, 0.25) is 0 Å². The Bertz CT molecular complexity index is 2020. The summed E-state index contributed by atoms with van der Waals surface area (Å²) >= 11 is 0. The highest BCUT2D eigenvalue weighted by Gasteiger charge is 2.20. The summed E-state index contributed by atoms with van der Waals surface area (Å²) in [6, 6.07) is 27.3. The average molecular weight is 555 g/mol. The lowest BCUT2D eigenvalue weighted by Gasteiger charge is -2.22. The molecular weight excluding hydrogens is 524 g/mol. The predicted octanol–water partition coefficient (Wildman–Crippen LogP) is 6.06. The lowest BCUT2D eigenvalue weighted by Crippen LogP contribution is -2.26. The lowest BCUT2D eigenvalue weighted by molar-refractivity contribution is 0.774. The topological polar surface area (TPSA) is 95.9 Å². The molecule has 0 amide bonds. The quantitative estimate of drug-likeness (QED) is 0.260. The maximum atomic E-state index is 14.5. The van der Waals surface area contributed by atoms with Gasteiger partial charge >= 0.3 is 0 Å². The van der Waals surface area contributed by atoms with Gasteiger partial charge in [0.25, 0.3) is 5.56 Å². The number of H-pyrrole nitrogens is 1. The highest BCUT2D eigenvalue weighted by molar-refractivity contribution is 5.97. The third-order valence-corrected chi connectivity index (χ3v) is 8.08. The Labute approximate surface area is 242 Å². The highest BCUT2D eigenvalue weighted by atomic mass is 16.1. The lowest BCUT2D eigenvalue weighted by atomic mass is 9.97. The minimum absolute atomic E-state index is 0.105. The number of nitrogens with one attached hydrogen (secondary N) is 2. The van der Waals surface area contributed by atoms with Crippen LogP contribution in [0.25, 0.3) is 38.6 Å². The number of benzene rings is 3. The molecule has 1 aliphatic rings. The zero-order chi connectivity index (χ0) is 28.6. The summed E-state index contributed by atoms with van der Waals surface area (Å²) in [7, 11) is 0. The standard InChI is InChI=1S/C34H30N6O2/c1-22(38-33-31-29(41)16-17-35-32(31)36-21-37-33)28-20-24-8-7-11-27(23-12-14-25(15-13-23)39-18-5-6-19-39)30(24)34(42)40(28)26-9-3-2-4-10-26/h2-4,7-17,20-22H,5-6,18-19H2,1H3,(H2,35,36,37,38,41)/t22-/m0/s1. The van der Waals surface area contributed by atoms with Crippen molar-refractivity contribution in [3.8, 4) is 16.8 Å². The van der Waals surface area contributed by atoms with Gasteiger partial charge in [-0.3, -0.25) is 14.2 Å². The van der Waals surface area contributed by atoms with Crippen LogP contribution >= 0.6 is 0 Å². The SMILES string of the molecule is C[C@H](Nc1ncnc2[nH]ccc(=O)c12)c1cc2cccc(-c3ccc(N4CCCC4)cc3)c2c(=O)n1-c1ccccc1. The van der Waals surface area contributed by atoms with Gasteiger partial charge in [-0.1, -0.05) is 48.5 Å². The fourth-order valence-corrected chi connectivity index (χ4v) is 6.01. The van der Waals surface area contributed by atoms with Crippen molar-refractivity contribution >= 4 is 33.3 Å². The molecule has 0 spiro atoms. The summed E-state index contributed by atoms with van der Waals surface area (Å²) in [5.41, 5.74) is 4.80. The number of para-hydroxylation sites is 1. The van der Waals surface area contributed by atoms with Crippen LogP contribution in [-0.2, 0) is 0 Å². The summed E-state index contributed by atoms with van der Waals surface area (Å²) in [5, 5.41) is 5.28. The molecule has 1 fully saturated rings. The normalized spacial score (nSPS) is 14.0. The van der Waals surface area contributed by atoms with Gasteiger partial charge in [-0.2, -0.15) is 0 Å². The molecule has 0 aliphatic carbocycles. The van der Waals surface area contributed by atoms with E-state index >= 15 is 0 Å². The number of fused-ring (bicyclic) bond motifs is 2. The summed E-state index contributed by atoms with van der Waals surface area (Å²) in [6.45, 7) is 4.14. The van der Waals surface area contributed by atoms with E-state index in [1.54, 1.807) is 10.8 Å². The van der Waals surface area contributed by atoms with Crippen LogP contribution < -0.4 is 21.2 Å². The van der Waals surface area contributed by atoms with E-state index in [4.69, 9.17) is 0 Å². The Balaban J connectivity index is 1.38. The molecule has 6 aromatic rings. The van der Waals surface area contributed by atoms with E-state index < -0.39 is 0 Å². The molecule has 8 heteroatoms. The molecular formula is C34H30N6O2. The van der Waals surface area contributed by atoms with E-state index in [1.165, 1.54) is 30.9 Å². The Hall–Kier alpha value is -5.24. The average Bonchev–Trinajstić information content (AvgIpc) is 3.57. The number of pyridine rings is 2. The Morgan fingerprint density at radius 3 is 2.40 bits per heavy atom. The second kappa shape index (κ2) is 10.6. The largest absolute Gasteiger partial charge is 0.372 e. The molecule has 42 heavy (non-hydrogen) atoms. The van der Waals surface area contributed by atoms with E-state index in [-0.39, 0.29) is 17.0 Å². The number of nitrogens with zero attached hydrogens (tertiary/aromatic N) is 4. The number of aromatic nitrogens is 4. The van der Waals surface area contributed by atoms with Gasteiger partial charge in [0, 0.05) is 42.4 Å². The zero-order valence-electron chi connectivity index (χ0n) is 23.2. The van der Waals surface area contributed by atoms with E-state index in [9.17, 15) is 9.59 Å². The highest BCUT2D eigenvalue weighted by Crippen LogP contribution is 2.32. The molecule has 3 aromatic heterocycles. The molecule has 3 aromatic carbocycles. The molecule has 0 radical (unpaired) electrons. The summed E-state index contributed by atoms with van der Waals surface area (Å²) in [5.74, 6) is 0.411. The molecule has 1 atom stereocenters. The van der Waals surface area contributed by atoms with Gasteiger partial charge < -0.3 is 15.2 Å². The van der Waals surface area contributed by atoms with Crippen LogP contribution in [0.1, 0.15) is 31.5 Å². The van der Waals surface area contributed by atoms with Gasteiger partial charge in [-0.25, -0.2) is 9.97 Å². The number of rotatable bonds is 6. The van der Waals surface area contributed by atoms with Gasteiger partial charge in [0.1, 0.15) is 23.2 Å². The van der Waals surface area contributed by atoms with Crippen LogP contribution in [0, 0.1) is 0 Å². The smallest absolute Gasteiger partial charge is 0.263 e. The maximum absolute atomic E-state index is 14.5. The van der Waals surface area contributed by atoms with Crippen LogP contribution in [0.15, 0.2) is 107 Å². The van der Waals surface area contributed by atoms with Crippen molar-refractivity contribution in [3.63, 3.8) is 0 Å². The third kappa shape index (κ3) is 4.51. The van der Waals surface area contributed by atoms with Crippen molar-refractivity contribution in [1.29, 1.82) is 0 Å². The van der Waals surface area contributed by atoms with Crippen LogP contribution in [0.2, 0.25) is 0 Å².